The number of hydrogen-bond donors (Lipinski definition) is 1. The zero-order valence-corrected chi connectivity index (χ0v) is 15.7. The molecule has 0 aromatic rings. The Balaban J connectivity index is 1.60. The van der Waals surface area contributed by atoms with Crippen molar-refractivity contribution in [3.8, 4) is 0 Å². The van der Waals surface area contributed by atoms with Crippen LogP contribution in [0.15, 0.2) is 0 Å². The van der Waals surface area contributed by atoms with Crippen molar-refractivity contribution < 1.29 is 19.4 Å². The highest BCUT2D eigenvalue weighted by Gasteiger charge is 2.61. The quantitative estimate of drug-likeness (QED) is 0.729. The predicted molar refractivity (Wildman–Crippen MR) is 93.1 cm³/mol. The highest BCUT2D eigenvalue weighted by molar-refractivity contribution is 5.77. The third-order valence-corrected chi connectivity index (χ3v) is 8.71. The summed E-state index contributed by atoms with van der Waals surface area (Å²) in [5, 5.41) is 9.10. The van der Waals surface area contributed by atoms with Crippen LogP contribution >= 0.6 is 0 Å². The van der Waals surface area contributed by atoms with Crippen LogP contribution in [0.3, 0.4) is 0 Å². The highest BCUT2D eigenvalue weighted by atomic mass is 16.7. The van der Waals surface area contributed by atoms with E-state index in [9.17, 15) is 9.59 Å². The van der Waals surface area contributed by atoms with Crippen LogP contribution in [-0.4, -0.2) is 41.3 Å². The first-order valence-corrected chi connectivity index (χ1v) is 9.92. The molecule has 4 fully saturated rings. The van der Waals surface area contributed by atoms with Crippen molar-refractivity contribution in [2.75, 3.05) is 7.05 Å². The first kappa shape index (κ1) is 17.2. The second-order valence-electron chi connectivity index (χ2n) is 9.47. The minimum absolute atomic E-state index is 0.000852. The summed E-state index contributed by atoms with van der Waals surface area (Å²) >= 11 is 0. The van der Waals surface area contributed by atoms with E-state index in [-0.39, 0.29) is 16.9 Å². The smallest absolute Gasteiger partial charge is 0.450 e. The van der Waals surface area contributed by atoms with Crippen LogP contribution in [-0.2, 0) is 9.53 Å². The van der Waals surface area contributed by atoms with E-state index in [1.54, 1.807) is 0 Å². The summed E-state index contributed by atoms with van der Waals surface area (Å²) in [4.78, 5) is 25.3. The molecule has 1 amide bonds. The van der Waals surface area contributed by atoms with Crippen molar-refractivity contribution in [2.45, 2.75) is 77.4 Å². The van der Waals surface area contributed by atoms with Gasteiger partial charge in [-0.25, -0.2) is 4.79 Å². The Morgan fingerprint density at radius 3 is 2.52 bits per heavy atom. The fourth-order valence-electron chi connectivity index (χ4n) is 7.42. The number of likely N-dealkylation sites (tertiary alicyclic amines) is 1. The van der Waals surface area contributed by atoms with Crippen molar-refractivity contribution in [1.82, 2.24) is 4.90 Å². The molecule has 25 heavy (non-hydrogen) atoms. The van der Waals surface area contributed by atoms with E-state index >= 15 is 0 Å². The lowest BCUT2D eigenvalue weighted by Gasteiger charge is -2.61. The summed E-state index contributed by atoms with van der Waals surface area (Å²) in [5.41, 5.74) is 0.220. The van der Waals surface area contributed by atoms with Crippen molar-refractivity contribution in [2.24, 2.45) is 28.6 Å². The SMILES string of the molecule is CN1C(=O)CC[C@]2(C)[C@H]3CC[C@]4(C)[C@@H](OC(=O)O)CC[C@H]4[C@@H]3CC[C@@H]12. The van der Waals surface area contributed by atoms with E-state index in [4.69, 9.17) is 9.84 Å². The minimum atomic E-state index is -1.13. The van der Waals surface area contributed by atoms with Crippen molar-refractivity contribution in [3.05, 3.63) is 0 Å². The molecule has 5 heteroatoms. The number of ether oxygens (including phenoxy) is 1. The van der Waals surface area contributed by atoms with Crippen molar-refractivity contribution in [3.63, 3.8) is 0 Å². The van der Waals surface area contributed by atoms with Crippen molar-refractivity contribution >= 4 is 12.1 Å². The molecule has 4 rings (SSSR count). The average Bonchev–Trinajstić information content (AvgIpc) is 2.88. The number of rotatable bonds is 1. The van der Waals surface area contributed by atoms with Crippen LogP contribution in [0.25, 0.3) is 0 Å². The Kier molecular flexibility index (Phi) is 3.86. The van der Waals surface area contributed by atoms with Crippen LogP contribution < -0.4 is 0 Å². The molecule has 1 N–H and O–H groups in total. The maximum Gasteiger partial charge on any atom is 0.506 e. The molecule has 0 spiro atoms. The second kappa shape index (κ2) is 5.62. The zero-order chi connectivity index (χ0) is 18.0. The largest absolute Gasteiger partial charge is 0.506 e. The maximum atomic E-state index is 12.2. The molecule has 0 radical (unpaired) electrons. The monoisotopic (exact) mass is 349 g/mol. The third-order valence-electron chi connectivity index (χ3n) is 8.71. The lowest BCUT2D eigenvalue weighted by atomic mass is 9.47. The van der Waals surface area contributed by atoms with Gasteiger partial charge in [0.1, 0.15) is 6.10 Å². The topological polar surface area (TPSA) is 66.8 Å². The average molecular weight is 349 g/mol. The van der Waals surface area contributed by atoms with Crippen LogP contribution in [0.1, 0.15) is 65.2 Å². The molecule has 0 aromatic heterocycles. The van der Waals surface area contributed by atoms with Crippen LogP contribution in [0.2, 0.25) is 0 Å². The standard InChI is InChI=1S/C20H31NO4/c1-19-11-9-17(22)21(3)15(19)6-4-12-13-5-7-16(25-18(23)24)20(13,2)10-8-14(12)19/h12-16H,4-11H2,1-3H3,(H,23,24)/t12-,13-,14-,15+,16-,19+,20-/m0/s1. The van der Waals surface area contributed by atoms with Gasteiger partial charge in [-0.15, -0.1) is 0 Å². The second-order valence-corrected chi connectivity index (χ2v) is 9.47. The molecular weight excluding hydrogens is 318 g/mol. The van der Waals surface area contributed by atoms with Gasteiger partial charge in [0.25, 0.3) is 0 Å². The fourth-order valence-corrected chi connectivity index (χ4v) is 7.42. The Morgan fingerprint density at radius 2 is 1.80 bits per heavy atom. The van der Waals surface area contributed by atoms with Crippen LogP contribution in [0, 0.1) is 28.6 Å². The fraction of sp³-hybridized carbons (Fsp3) is 0.900. The maximum absolute atomic E-state index is 12.2. The van der Waals surface area contributed by atoms with E-state index < -0.39 is 6.16 Å². The Morgan fingerprint density at radius 1 is 1.08 bits per heavy atom. The van der Waals surface area contributed by atoms with Gasteiger partial charge in [-0.05, 0) is 68.1 Å². The van der Waals surface area contributed by atoms with Gasteiger partial charge in [-0.1, -0.05) is 13.8 Å². The molecule has 4 aliphatic rings. The number of carbonyl (C=O) groups is 2. The molecular formula is C20H31NO4. The van der Waals surface area contributed by atoms with Gasteiger partial charge in [-0.2, -0.15) is 0 Å². The Hall–Kier alpha value is -1.26. The molecule has 3 saturated carbocycles. The van der Waals surface area contributed by atoms with E-state index in [2.05, 4.69) is 13.8 Å². The van der Waals surface area contributed by atoms with Crippen molar-refractivity contribution in [1.29, 1.82) is 0 Å². The molecule has 5 nitrogen and oxygen atoms in total. The lowest BCUT2D eigenvalue weighted by Crippen LogP contribution is -2.61. The summed E-state index contributed by atoms with van der Waals surface area (Å²) in [5.74, 6) is 2.18. The first-order valence-electron chi connectivity index (χ1n) is 9.92. The van der Waals surface area contributed by atoms with Gasteiger partial charge in [0.2, 0.25) is 5.91 Å². The van der Waals surface area contributed by atoms with E-state index in [1.165, 1.54) is 6.42 Å². The Bertz CT molecular complexity index is 592. The van der Waals surface area contributed by atoms with Gasteiger partial charge in [0.05, 0.1) is 0 Å². The Labute approximate surface area is 150 Å². The zero-order valence-electron chi connectivity index (χ0n) is 15.7. The van der Waals surface area contributed by atoms with Gasteiger partial charge in [0, 0.05) is 24.9 Å². The summed E-state index contributed by atoms with van der Waals surface area (Å²) in [6.07, 6.45) is 6.84. The number of fused-ring (bicyclic) bond motifs is 5. The summed E-state index contributed by atoms with van der Waals surface area (Å²) < 4.78 is 5.29. The van der Waals surface area contributed by atoms with Gasteiger partial charge in [-0.3, -0.25) is 4.79 Å². The lowest BCUT2D eigenvalue weighted by molar-refractivity contribution is -0.160. The molecule has 0 unspecified atom stereocenters. The van der Waals surface area contributed by atoms with Gasteiger partial charge in [0.15, 0.2) is 0 Å². The van der Waals surface area contributed by atoms with E-state index in [1.807, 2.05) is 11.9 Å². The van der Waals surface area contributed by atoms with Gasteiger partial charge < -0.3 is 14.7 Å². The minimum Gasteiger partial charge on any atom is -0.450 e. The third kappa shape index (κ3) is 2.33. The number of carbonyl (C=O) groups excluding carboxylic acids is 1. The molecule has 1 heterocycles. The van der Waals surface area contributed by atoms with E-state index in [0.29, 0.717) is 36.1 Å². The molecule has 1 aliphatic heterocycles. The summed E-state index contributed by atoms with van der Waals surface area (Å²) in [6.45, 7) is 4.68. The summed E-state index contributed by atoms with van der Waals surface area (Å²) in [6, 6.07) is 0.381. The number of hydrogen-bond acceptors (Lipinski definition) is 3. The normalized spacial score (nSPS) is 49.2. The highest BCUT2D eigenvalue weighted by Crippen LogP contribution is 2.65. The number of piperidine rings is 1. The number of carboxylic acid groups (broad SMARTS) is 1. The number of nitrogens with zero attached hydrogens (tertiary/aromatic N) is 1. The molecule has 0 bridgehead atoms. The molecule has 140 valence electrons. The summed E-state index contributed by atoms with van der Waals surface area (Å²) in [7, 11) is 1.99. The van der Waals surface area contributed by atoms with Gasteiger partial charge >= 0.3 is 6.16 Å². The molecule has 0 aromatic carbocycles. The first-order chi connectivity index (χ1) is 11.8. The van der Waals surface area contributed by atoms with E-state index in [0.717, 1.165) is 38.5 Å². The van der Waals surface area contributed by atoms with Crippen LogP contribution in [0.5, 0.6) is 0 Å². The molecule has 7 atom stereocenters. The molecule has 3 aliphatic carbocycles. The number of amides is 1. The molecule has 1 saturated heterocycles. The predicted octanol–water partition coefficient (Wildman–Crippen LogP) is 3.91. The van der Waals surface area contributed by atoms with Crippen LogP contribution in [0.4, 0.5) is 4.79 Å².